The predicted octanol–water partition coefficient (Wildman–Crippen LogP) is -0.0395. The number of sulfonamides is 1. The molecule has 0 saturated carbocycles. The van der Waals surface area contributed by atoms with Crippen molar-refractivity contribution in [1.29, 1.82) is 0 Å². The van der Waals surface area contributed by atoms with Gasteiger partial charge in [-0.1, -0.05) is 5.21 Å². The minimum Gasteiger partial charge on any atom is -0.399 e. The number of nitrogens with two attached hydrogens (primary N) is 1. The minimum atomic E-state index is -3.92. The highest BCUT2D eigenvalue weighted by Crippen LogP contribution is 2.18. The van der Waals surface area contributed by atoms with Gasteiger partial charge in [-0.25, -0.2) is 17.5 Å². The van der Waals surface area contributed by atoms with E-state index < -0.39 is 21.9 Å². The minimum absolute atomic E-state index is 0.0209. The molecule has 0 bridgehead atoms. The number of nitrogen functional groups attached to an aromatic ring is 1. The van der Waals surface area contributed by atoms with Crippen molar-refractivity contribution in [2.24, 2.45) is 0 Å². The number of anilines is 1. The third kappa shape index (κ3) is 3.03. The van der Waals surface area contributed by atoms with E-state index >= 15 is 0 Å². The molecule has 1 atom stereocenters. The second-order valence-electron chi connectivity index (χ2n) is 3.83. The molecule has 0 radical (unpaired) electrons. The molecule has 1 heterocycles. The standard InChI is InChI=1S/C9H11FN6O2S/c1-5(9-12-15-16-13-9)14-19(17,18)8-3-6(10)2-7(11)4-8/h2-5,14H,11H2,1H3,(H,12,13,15,16). The third-order valence-electron chi connectivity index (χ3n) is 2.28. The maximum Gasteiger partial charge on any atom is 0.241 e. The van der Waals surface area contributed by atoms with Crippen LogP contribution in [-0.2, 0) is 10.0 Å². The molecule has 1 aromatic carbocycles. The topological polar surface area (TPSA) is 127 Å². The van der Waals surface area contributed by atoms with Crippen LogP contribution in [0, 0.1) is 5.82 Å². The smallest absolute Gasteiger partial charge is 0.241 e. The van der Waals surface area contributed by atoms with Crippen LogP contribution in [0.4, 0.5) is 10.1 Å². The van der Waals surface area contributed by atoms with Gasteiger partial charge in [-0.15, -0.1) is 10.2 Å². The molecule has 10 heteroatoms. The number of H-pyrrole nitrogens is 1. The maximum atomic E-state index is 13.2. The third-order valence-corrected chi connectivity index (χ3v) is 3.81. The van der Waals surface area contributed by atoms with Crippen molar-refractivity contribution < 1.29 is 12.8 Å². The van der Waals surface area contributed by atoms with Gasteiger partial charge in [0.15, 0.2) is 5.82 Å². The zero-order valence-electron chi connectivity index (χ0n) is 9.83. The molecule has 19 heavy (non-hydrogen) atoms. The van der Waals surface area contributed by atoms with Crippen molar-refractivity contribution in [2.75, 3.05) is 5.73 Å². The highest BCUT2D eigenvalue weighted by atomic mass is 32.2. The first kappa shape index (κ1) is 13.4. The summed E-state index contributed by atoms with van der Waals surface area (Å²) in [6.07, 6.45) is 0. The largest absolute Gasteiger partial charge is 0.399 e. The summed E-state index contributed by atoms with van der Waals surface area (Å²) in [4.78, 5) is -0.264. The summed E-state index contributed by atoms with van der Waals surface area (Å²) < 4.78 is 39.5. The summed E-state index contributed by atoms with van der Waals surface area (Å²) in [5.74, 6) is -0.555. The Hall–Kier alpha value is -2.07. The molecular weight excluding hydrogens is 275 g/mol. The molecule has 102 valence electrons. The molecule has 4 N–H and O–H groups in total. The zero-order valence-corrected chi connectivity index (χ0v) is 10.6. The van der Waals surface area contributed by atoms with Crippen LogP contribution in [0.2, 0.25) is 0 Å². The summed E-state index contributed by atoms with van der Waals surface area (Å²) in [6, 6.07) is 2.35. The Kier molecular flexibility index (Phi) is 3.44. The molecule has 0 saturated heterocycles. The van der Waals surface area contributed by atoms with Crippen LogP contribution in [0.25, 0.3) is 0 Å². The van der Waals surface area contributed by atoms with Crippen molar-refractivity contribution in [3.8, 4) is 0 Å². The van der Waals surface area contributed by atoms with Gasteiger partial charge in [0.25, 0.3) is 0 Å². The monoisotopic (exact) mass is 286 g/mol. The van der Waals surface area contributed by atoms with Crippen molar-refractivity contribution in [1.82, 2.24) is 25.3 Å². The number of hydrogen-bond donors (Lipinski definition) is 3. The summed E-state index contributed by atoms with van der Waals surface area (Å²) in [5.41, 5.74) is 5.43. The normalized spacial score (nSPS) is 13.4. The Balaban J connectivity index is 2.27. The highest BCUT2D eigenvalue weighted by Gasteiger charge is 2.21. The molecule has 1 unspecified atom stereocenters. The molecule has 2 aromatic rings. The molecule has 0 aliphatic heterocycles. The van der Waals surface area contributed by atoms with Crippen LogP contribution in [-0.4, -0.2) is 29.0 Å². The lowest BCUT2D eigenvalue weighted by atomic mass is 10.3. The summed E-state index contributed by atoms with van der Waals surface area (Å²) in [7, 11) is -3.92. The average molecular weight is 286 g/mol. The number of nitrogens with one attached hydrogen (secondary N) is 2. The van der Waals surface area contributed by atoms with E-state index in [1.165, 1.54) is 6.92 Å². The van der Waals surface area contributed by atoms with E-state index in [1.54, 1.807) is 0 Å². The average Bonchev–Trinajstić information content (AvgIpc) is 2.80. The zero-order chi connectivity index (χ0) is 14.0. The lowest BCUT2D eigenvalue weighted by molar-refractivity contribution is 0.557. The number of hydrogen-bond acceptors (Lipinski definition) is 6. The van der Waals surface area contributed by atoms with Crippen LogP contribution >= 0.6 is 0 Å². The second kappa shape index (κ2) is 4.90. The predicted molar refractivity (Wildman–Crippen MR) is 63.7 cm³/mol. The van der Waals surface area contributed by atoms with Gasteiger partial charge < -0.3 is 5.73 Å². The molecule has 8 nitrogen and oxygen atoms in total. The van der Waals surface area contributed by atoms with Gasteiger partial charge in [0, 0.05) is 5.69 Å². The molecule has 0 aliphatic carbocycles. The second-order valence-corrected chi connectivity index (χ2v) is 5.55. The van der Waals surface area contributed by atoms with Crippen LogP contribution in [0.1, 0.15) is 18.8 Å². The first-order valence-corrected chi connectivity index (χ1v) is 6.68. The highest BCUT2D eigenvalue weighted by molar-refractivity contribution is 7.89. The lowest BCUT2D eigenvalue weighted by Crippen LogP contribution is -2.27. The van der Waals surface area contributed by atoms with E-state index in [9.17, 15) is 12.8 Å². The first-order valence-electron chi connectivity index (χ1n) is 5.20. The number of nitrogens with zero attached hydrogens (tertiary/aromatic N) is 3. The Labute approximate surface area is 108 Å². The van der Waals surface area contributed by atoms with Crippen LogP contribution in [0.15, 0.2) is 23.1 Å². The number of aromatic amines is 1. The molecule has 1 aromatic heterocycles. The van der Waals surface area contributed by atoms with Gasteiger partial charge in [-0.05, 0) is 25.1 Å². The number of halogens is 1. The summed E-state index contributed by atoms with van der Waals surface area (Å²) in [5, 5.41) is 12.8. The first-order chi connectivity index (χ1) is 8.88. The van der Waals surface area contributed by atoms with E-state index in [0.717, 1.165) is 18.2 Å². The Morgan fingerprint density at radius 3 is 2.74 bits per heavy atom. The summed E-state index contributed by atoms with van der Waals surface area (Å²) in [6.45, 7) is 1.53. The Bertz CT molecular complexity index is 652. The molecule has 0 amide bonds. The Morgan fingerprint density at radius 2 is 2.16 bits per heavy atom. The molecule has 2 rings (SSSR count). The number of benzene rings is 1. The molecule has 0 spiro atoms. The molecule has 0 aliphatic rings. The summed E-state index contributed by atoms with van der Waals surface area (Å²) >= 11 is 0. The van der Waals surface area contributed by atoms with Crippen LogP contribution in [0.5, 0.6) is 0 Å². The fraction of sp³-hybridized carbons (Fsp3) is 0.222. The number of rotatable bonds is 4. The van der Waals surface area contributed by atoms with Crippen molar-refractivity contribution >= 4 is 15.7 Å². The van der Waals surface area contributed by atoms with Gasteiger partial charge in [0.2, 0.25) is 10.0 Å². The van der Waals surface area contributed by atoms with Gasteiger partial charge in [-0.3, -0.25) is 0 Å². The molecular formula is C9H11FN6O2S. The fourth-order valence-electron chi connectivity index (χ4n) is 1.45. The number of aromatic nitrogens is 4. The SMILES string of the molecule is CC(NS(=O)(=O)c1cc(N)cc(F)c1)c1nn[nH]n1. The van der Waals surface area contributed by atoms with Crippen LogP contribution < -0.4 is 10.5 Å². The van der Waals surface area contributed by atoms with Crippen molar-refractivity contribution in [2.45, 2.75) is 17.9 Å². The van der Waals surface area contributed by atoms with Gasteiger partial charge in [0.05, 0.1) is 10.9 Å². The van der Waals surface area contributed by atoms with Crippen LogP contribution in [0.3, 0.4) is 0 Å². The van der Waals surface area contributed by atoms with E-state index in [4.69, 9.17) is 5.73 Å². The van der Waals surface area contributed by atoms with Gasteiger partial charge in [0.1, 0.15) is 5.82 Å². The van der Waals surface area contributed by atoms with Crippen molar-refractivity contribution in [3.05, 3.63) is 29.8 Å². The van der Waals surface area contributed by atoms with E-state index in [2.05, 4.69) is 25.3 Å². The van der Waals surface area contributed by atoms with Gasteiger partial charge in [-0.2, -0.15) is 5.21 Å². The van der Waals surface area contributed by atoms with Gasteiger partial charge >= 0.3 is 0 Å². The maximum absolute atomic E-state index is 13.2. The quantitative estimate of drug-likeness (QED) is 0.677. The number of tetrazole rings is 1. The Morgan fingerprint density at radius 1 is 1.42 bits per heavy atom. The fourth-order valence-corrected chi connectivity index (χ4v) is 2.71. The van der Waals surface area contributed by atoms with E-state index in [-0.39, 0.29) is 16.4 Å². The van der Waals surface area contributed by atoms with E-state index in [0.29, 0.717) is 0 Å². The van der Waals surface area contributed by atoms with Crippen molar-refractivity contribution in [3.63, 3.8) is 0 Å². The molecule has 0 fully saturated rings. The lowest BCUT2D eigenvalue weighted by Gasteiger charge is -2.11. The van der Waals surface area contributed by atoms with E-state index in [1.807, 2.05) is 0 Å².